The Morgan fingerprint density at radius 3 is 2.47 bits per heavy atom. The number of ether oxygens (including phenoxy) is 2. The minimum absolute atomic E-state index is 0.0711. The highest BCUT2D eigenvalue weighted by molar-refractivity contribution is 6.33. The van der Waals surface area contributed by atoms with E-state index in [0.717, 1.165) is 11.3 Å². The summed E-state index contributed by atoms with van der Waals surface area (Å²) in [5.74, 6) is 1.34. The number of halogens is 1. The van der Waals surface area contributed by atoms with Gasteiger partial charge in [0.25, 0.3) is 5.56 Å². The average Bonchev–Trinajstić information content (AvgIpc) is 2.89. The number of benzene rings is 2. The van der Waals surface area contributed by atoms with Crippen molar-refractivity contribution in [3.8, 4) is 17.2 Å². The maximum atomic E-state index is 12.8. The third kappa shape index (κ3) is 4.49. The molecule has 5 rings (SSSR count). The first-order valence-electron chi connectivity index (χ1n) is 11.0. The predicted molar refractivity (Wildman–Crippen MR) is 130 cm³/mol. The Kier molecular flexibility index (Phi) is 6.22. The number of para-hydroxylation sites is 1. The third-order valence-corrected chi connectivity index (χ3v) is 6.17. The lowest BCUT2D eigenvalue weighted by Crippen LogP contribution is -2.48. The van der Waals surface area contributed by atoms with E-state index in [4.69, 9.17) is 21.1 Å². The monoisotopic (exact) mass is 478 g/mol. The van der Waals surface area contributed by atoms with Gasteiger partial charge in [0.1, 0.15) is 18.2 Å². The van der Waals surface area contributed by atoms with Gasteiger partial charge in [0.05, 0.1) is 17.6 Å². The highest BCUT2D eigenvalue weighted by Gasteiger charge is 2.23. The van der Waals surface area contributed by atoms with Crippen molar-refractivity contribution in [3.63, 3.8) is 0 Å². The second-order valence-electron chi connectivity index (χ2n) is 7.95. The Morgan fingerprint density at radius 1 is 0.971 bits per heavy atom. The zero-order chi connectivity index (χ0) is 23.5. The van der Waals surface area contributed by atoms with E-state index in [1.54, 1.807) is 35.4 Å². The van der Waals surface area contributed by atoms with Gasteiger partial charge in [-0.25, -0.2) is 0 Å². The number of anilines is 1. The van der Waals surface area contributed by atoms with E-state index in [-0.39, 0.29) is 16.5 Å². The van der Waals surface area contributed by atoms with E-state index in [9.17, 15) is 9.59 Å². The molecule has 0 N–H and O–H groups in total. The molecule has 1 saturated heterocycles. The highest BCUT2D eigenvalue weighted by atomic mass is 35.5. The van der Waals surface area contributed by atoms with Crippen LogP contribution in [-0.4, -0.2) is 60.0 Å². The number of carbonyl (C=O) groups excluding carboxylic acids is 1. The Morgan fingerprint density at radius 2 is 1.71 bits per heavy atom. The molecule has 2 aliphatic rings. The maximum absolute atomic E-state index is 12.8. The molecule has 2 aromatic carbocycles. The van der Waals surface area contributed by atoms with E-state index >= 15 is 0 Å². The van der Waals surface area contributed by atoms with Crippen LogP contribution in [0.1, 0.15) is 5.56 Å². The van der Waals surface area contributed by atoms with Crippen LogP contribution in [0.4, 0.5) is 5.69 Å². The first kappa shape index (κ1) is 22.0. The summed E-state index contributed by atoms with van der Waals surface area (Å²) in [6, 6.07) is 14.7. The largest absolute Gasteiger partial charge is 0.486 e. The van der Waals surface area contributed by atoms with Gasteiger partial charge in [-0.15, -0.1) is 0 Å². The van der Waals surface area contributed by atoms with Gasteiger partial charge in [-0.2, -0.15) is 9.78 Å². The minimum atomic E-state index is -0.369. The van der Waals surface area contributed by atoms with Gasteiger partial charge in [0.15, 0.2) is 11.5 Å². The predicted octanol–water partition coefficient (Wildman–Crippen LogP) is 3.02. The second-order valence-corrected chi connectivity index (χ2v) is 8.32. The molecular weight excluding hydrogens is 456 g/mol. The van der Waals surface area contributed by atoms with E-state index < -0.39 is 0 Å². The molecule has 3 aromatic rings. The smallest absolute Gasteiger partial charge is 0.292 e. The number of amides is 1. The molecule has 3 heterocycles. The van der Waals surface area contributed by atoms with Gasteiger partial charge in [-0.1, -0.05) is 35.9 Å². The number of aromatic nitrogens is 2. The Labute approximate surface area is 201 Å². The van der Waals surface area contributed by atoms with Crippen molar-refractivity contribution in [2.75, 3.05) is 44.3 Å². The number of hydrogen-bond donors (Lipinski definition) is 0. The Hall–Kier alpha value is -3.78. The van der Waals surface area contributed by atoms with Crippen LogP contribution in [0.2, 0.25) is 5.02 Å². The molecule has 1 amide bonds. The highest BCUT2D eigenvalue weighted by Crippen LogP contribution is 2.31. The molecule has 0 bridgehead atoms. The van der Waals surface area contributed by atoms with E-state index in [0.29, 0.717) is 56.5 Å². The number of fused-ring (bicyclic) bond motifs is 1. The van der Waals surface area contributed by atoms with Gasteiger partial charge < -0.3 is 19.3 Å². The van der Waals surface area contributed by atoms with Crippen LogP contribution in [0.15, 0.2) is 65.6 Å². The summed E-state index contributed by atoms with van der Waals surface area (Å²) in [7, 11) is 0. The standard InChI is InChI=1S/C25H23ClN4O4/c26-24-20(17-27-30(25(24)32)19-4-2-1-3-5-19)28-10-12-29(13-11-28)23(31)9-7-18-6-8-21-22(16-18)34-15-14-33-21/h1-9,16-17H,10-15H2/b9-7+. The second kappa shape index (κ2) is 9.61. The topological polar surface area (TPSA) is 76.9 Å². The maximum Gasteiger partial charge on any atom is 0.292 e. The summed E-state index contributed by atoms with van der Waals surface area (Å²) in [4.78, 5) is 29.2. The van der Waals surface area contributed by atoms with Crippen molar-refractivity contribution in [1.29, 1.82) is 0 Å². The van der Waals surface area contributed by atoms with Crippen molar-refractivity contribution >= 4 is 29.3 Å². The summed E-state index contributed by atoms with van der Waals surface area (Å²) in [5, 5.41) is 4.42. The number of nitrogens with zero attached hydrogens (tertiary/aromatic N) is 4. The van der Waals surface area contributed by atoms with Crippen LogP contribution in [-0.2, 0) is 4.79 Å². The lowest BCUT2D eigenvalue weighted by molar-refractivity contribution is -0.126. The first-order chi connectivity index (χ1) is 16.6. The molecule has 0 radical (unpaired) electrons. The molecule has 0 aliphatic carbocycles. The van der Waals surface area contributed by atoms with Crippen molar-refractivity contribution in [1.82, 2.24) is 14.7 Å². The molecule has 0 spiro atoms. The quantitative estimate of drug-likeness (QED) is 0.536. The molecule has 34 heavy (non-hydrogen) atoms. The normalized spacial score (nSPS) is 15.6. The van der Waals surface area contributed by atoms with Crippen molar-refractivity contribution in [3.05, 3.63) is 81.7 Å². The third-order valence-electron chi connectivity index (χ3n) is 5.82. The van der Waals surface area contributed by atoms with Crippen molar-refractivity contribution in [2.24, 2.45) is 0 Å². The van der Waals surface area contributed by atoms with Crippen LogP contribution >= 0.6 is 11.6 Å². The molecule has 2 aliphatic heterocycles. The van der Waals surface area contributed by atoms with Crippen molar-refractivity contribution in [2.45, 2.75) is 0 Å². The number of rotatable bonds is 4. The molecule has 1 fully saturated rings. The zero-order valence-corrected chi connectivity index (χ0v) is 19.1. The molecule has 8 nitrogen and oxygen atoms in total. The first-order valence-corrected chi connectivity index (χ1v) is 11.4. The van der Waals surface area contributed by atoms with Crippen LogP contribution in [0, 0.1) is 0 Å². The average molecular weight is 479 g/mol. The van der Waals surface area contributed by atoms with Gasteiger partial charge >= 0.3 is 0 Å². The summed E-state index contributed by atoms with van der Waals surface area (Å²) in [5.41, 5.74) is 1.73. The molecule has 9 heteroatoms. The SMILES string of the molecule is O=C(/C=C/c1ccc2c(c1)OCCO2)N1CCN(c2cnn(-c3ccccc3)c(=O)c2Cl)CC1. The Bertz CT molecular complexity index is 1280. The lowest BCUT2D eigenvalue weighted by atomic mass is 10.1. The van der Waals surface area contributed by atoms with E-state index in [1.165, 1.54) is 4.68 Å². The van der Waals surface area contributed by atoms with Gasteiger partial charge in [-0.3, -0.25) is 9.59 Å². The summed E-state index contributed by atoms with van der Waals surface area (Å²) in [6.45, 7) is 3.20. The fourth-order valence-corrected chi connectivity index (χ4v) is 4.25. The van der Waals surface area contributed by atoms with Gasteiger partial charge in [-0.05, 0) is 35.9 Å². The van der Waals surface area contributed by atoms with Crippen molar-refractivity contribution < 1.29 is 14.3 Å². The van der Waals surface area contributed by atoms with Gasteiger partial charge in [0.2, 0.25) is 5.91 Å². The van der Waals surface area contributed by atoms with E-state index in [2.05, 4.69) is 5.10 Å². The minimum Gasteiger partial charge on any atom is -0.486 e. The zero-order valence-electron chi connectivity index (χ0n) is 18.4. The Balaban J connectivity index is 1.22. The fraction of sp³-hybridized carbons (Fsp3) is 0.240. The van der Waals surface area contributed by atoms with Crippen LogP contribution in [0.5, 0.6) is 11.5 Å². The summed E-state index contributed by atoms with van der Waals surface area (Å²) in [6.07, 6.45) is 4.95. The van der Waals surface area contributed by atoms with Crippen LogP contribution < -0.4 is 19.9 Å². The molecular formula is C25H23ClN4O4. The lowest BCUT2D eigenvalue weighted by Gasteiger charge is -2.35. The molecule has 174 valence electrons. The van der Waals surface area contributed by atoms with Crippen LogP contribution in [0.3, 0.4) is 0 Å². The number of piperazine rings is 1. The molecule has 0 unspecified atom stereocenters. The van der Waals surface area contributed by atoms with Crippen LogP contribution in [0.25, 0.3) is 11.8 Å². The summed E-state index contributed by atoms with van der Waals surface area (Å²) >= 11 is 6.42. The molecule has 1 aromatic heterocycles. The molecule has 0 saturated carbocycles. The van der Waals surface area contributed by atoms with E-state index in [1.807, 2.05) is 41.3 Å². The summed E-state index contributed by atoms with van der Waals surface area (Å²) < 4.78 is 12.4. The molecule has 0 atom stereocenters. The fourth-order valence-electron chi connectivity index (χ4n) is 4.00. The number of carbonyl (C=O) groups is 1. The number of hydrogen-bond acceptors (Lipinski definition) is 6. The van der Waals surface area contributed by atoms with Gasteiger partial charge in [0, 0.05) is 32.3 Å².